The summed E-state index contributed by atoms with van der Waals surface area (Å²) in [7, 11) is 0. The zero-order valence-electron chi connectivity index (χ0n) is 18.3. The van der Waals surface area contributed by atoms with E-state index in [1.807, 2.05) is 35.1 Å². The van der Waals surface area contributed by atoms with Crippen molar-refractivity contribution in [2.75, 3.05) is 11.4 Å². The molecule has 4 aromatic rings. The Morgan fingerprint density at radius 1 is 1.12 bits per heavy atom. The highest BCUT2D eigenvalue weighted by molar-refractivity contribution is 5.96. The quantitative estimate of drug-likeness (QED) is 0.399. The van der Waals surface area contributed by atoms with E-state index in [1.54, 1.807) is 18.6 Å². The van der Waals surface area contributed by atoms with Gasteiger partial charge in [-0.3, -0.25) is 14.5 Å². The third-order valence-electron chi connectivity index (χ3n) is 6.12. The Hall–Kier alpha value is -3.69. The van der Waals surface area contributed by atoms with Gasteiger partial charge in [0.15, 0.2) is 5.78 Å². The number of carbonyl (C=O) groups excluding carboxylic acids is 1. The summed E-state index contributed by atoms with van der Waals surface area (Å²) in [6.07, 6.45) is 1.94. The van der Waals surface area contributed by atoms with Crippen LogP contribution in [0.1, 0.15) is 46.6 Å². The Labute approximate surface area is 193 Å². The summed E-state index contributed by atoms with van der Waals surface area (Å²) in [5, 5.41) is 5.58. The molecular formula is C24H23F3N6O. The highest BCUT2D eigenvalue weighted by Crippen LogP contribution is 2.32. The van der Waals surface area contributed by atoms with Crippen molar-refractivity contribution < 1.29 is 18.0 Å². The molecule has 0 amide bonds. The fraction of sp³-hybridized carbons (Fsp3) is 0.333. The summed E-state index contributed by atoms with van der Waals surface area (Å²) in [4.78, 5) is 26.7. The van der Waals surface area contributed by atoms with E-state index in [-0.39, 0.29) is 24.3 Å². The SMILES string of the molecule is O=C(CCCC(F)(F)F)c1nn(Cc2ccncc2)c2c1CN(c1ccnc3[nH]ccc13)CC2. The summed E-state index contributed by atoms with van der Waals surface area (Å²) >= 11 is 0. The summed E-state index contributed by atoms with van der Waals surface area (Å²) in [6, 6.07) is 7.66. The average Bonchev–Trinajstić information content (AvgIpc) is 3.43. The van der Waals surface area contributed by atoms with Crippen LogP contribution in [0.2, 0.25) is 0 Å². The van der Waals surface area contributed by atoms with Crippen molar-refractivity contribution >= 4 is 22.5 Å². The van der Waals surface area contributed by atoms with Gasteiger partial charge in [-0.15, -0.1) is 0 Å². The zero-order chi connectivity index (χ0) is 23.7. The van der Waals surface area contributed by atoms with Gasteiger partial charge in [0.05, 0.1) is 6.54 Å². The van der Waals surface area contributed by atoms with Gasteiger partial charge in [0.25, 0.3) is 0 Å². The Morgan fingerprint density at radius 2 is 1.94 bits per heavy atom. The fourth-order valence-electron chi connectivity index (χ4n) is 4.50. The summed E-state index contributed by atoms with van der Waals surface area (Å²) in [5.41, 5.74) is 4.77. The van der Waals surface area contributed by atoms with Crippen LogP contribution in [0, 0.1) is 0 Å². The van der Waals surface area contributed by atoms with Gasteiger partial charge in [-0.25, -0.2) is 4.98 Å². The summed E-state index contributed by atoms with van der Waals surface area (Å²) in [6.45, 7) is 1.65. The number of pyridine rings is 2. The van der Waals surface area contributed by atoms with Crippen molar-refractivity contribution in [3.63, 3.8) is 0 Å². The van der Waals surface area contributed by atoms with Crippen molar-refractivity contribution in [1.29, 1.82) is 0 Å². The van der Waals surface area contributed by atoms with Crippen LogP contribution in [0.15, 0.2) is 49.1 Å². The Bertz CT molecular complexity index is 1310. The van der Waals surface area contributed by atoms with E-state index in [2.05, 4.69) is 25.0 Å². The van der Waals surface area contributed by atoms with Gasteiger partial charge in [-0.1, -0.05) is 0 Å². The smallest absolute Gasteiger partial charge is 0.366 e. The van der Waals surface area contributed by atoms with Crippen LogP contribution in [-0.2, 0) is 19.5 Å². The average molecular weight is 468 g/mol. The number of ketones is 1. The number of aromatic amines is 1. The lowest BCUT2D eigenvalue weighted by Crippen LogP contribution is -2.31. The molecule has 176 valence electrons. The molecule has 0 fully saturated rings. The van der Waals surface area contributed by atoms with Crippen LogP contribution >= 0.6 is 0 Å². The van der Waals surface area contributed by atoms with Gasteiger partial charge < -0.3 is 9.88 Å². The van der Waals surface area contributed by atoms with E-state index in [9.17, 15) is 18.0 Å². The van der Waals surface area contributed by atoms with Gasteiger partial charge in [0.2, 0.25) is 0 Å². The van der Waals surface area contributed by atoms with Gasteiger partial charge in [-0.05, 0) is 36.2 Å². The minimum atomic E-state index is -4.28. The number of alkyl halides is 3. The van der Waals surface area contributed by atoms with Crippen molar-refractivity contribution in [1.82, 2.24) is 24.7 Å². The second-order valence-electron chi connectivity index (χ2n) is 8.42. The third kappa shape index (κ3) is 4.52. The standard InChI is InChI=1S/C24H23F3N6O/c25-24(26,27)8-1-2-21(34)22-18-15-32(19-6-12-30-23-17(19)5-11-29-23)13-7-20(18)33(31-22)14-16-3-9-28-10-4-16/h3-6,9-12H,1-2,7-8,13-15H2,(H,29,30). The van der Waals surface area contributed by atoms with Crippen molar-refractivity contribution in [3.05, 3.63) is 71.6 Å². The number of anilines is 1. The molecule has 34 heavy (non-hydrogen) atoms. The molecule has 0 aromatic carbocycles. The fourth-order valence-corrected chi connectivity index (χ4v) is 4.50. The maximum atomic E-state index is 13.0. The second-order valence-corrected chi connectivity index (χ2v) is 8.42. The Balaban J connectivity index is 1.46. The number of carbonyl (C=O) groups is 1. The molecule has 5 heterocycles. The number of Topliss-reactive ketones (excluding diaryl/α,β-unsaturated/α-hetero) is 1. The number of hydrogen-bond acceptors (Lipinski definition) is 5. The molecular weight excluding hydrogens is 445 g/mol. The molecule has 0 aliphatic carbocycles. The third-order valence-corrected chi connectivity index (χ3v) is 6.12. The van der Waals surface area contributed by atoms with E-state index in [1.165, 1.54) is 0 Å². The van der Waals surface area contributed by atoms with Crippen LogP contribution < -0.4 is 4.90 Å². The molecule has 0 saturated heterocycles. The molecule has 0 bridgehead atoms. The van der Waals surface area contributed by atoms with Gasteiger partial charge >= 0.3 is 6.18 Å². The molecule has 1 aliphatic heterocycles. The molecule has 0 saturated carbocycles. The lowest BCUT2D eigenvalue weighted by atomic mass is 10.00. The minimum Gasteiger partial charge on any atom is -0.366 e. The topological polar surface area (TPSA) is 79.7 Å². The molecule has 0 radical (unpaired) electrons. The number of rotatable bonds is 7. The number of hydrogen-bond donors (Lipinski definition) is 1. The molecule has 0 atom stereocenters. The Kier molecular flexibility index (Phi) is 5.80. The zero-order valence-corrected chi connectivity index (χ0v) is 18.3. The van der Waals surface area contributed by atoms with Crippen molar-refractivity contribution in [2.45, 2.75) is 44.9 Å². The predicted molar refractivity (Wildman–Crippen MR) is 121 cm³/mol. The molecule has 10 heteroatoms. The van der Waals surface area contributed by atoms with E-state index in [4.69, 9.17) is 0 Å². The molecule has 4 aromatic heterocycles. The number of halogens is 3. The van der Waals surface area contributed by atoms with Crippen molar-refractivity contribution in [2.24, 2.45) is 0 Å². The van der Waals surface area contributed by atoms with Crippen LogP contribution in [0.3, 0.4) is 0 Å². The molecule has 7 nitrogen and oxygen atoms in total. The van der Waals surface area contributed by atoms with Gasteiger partial charge in [0, 0.05) is 79.5 Å². The van der Waals surface area contributed by atoms with Crippen LogP contribution in [0.25, 0.3) is 11.0 Å². The predicted octanol–water partition coefficient (Wildman–Crippen LogP) is 4.68. The first-order valence-electron chi connectivity index (χ1n) is 11.1. The molecule has 0 spiro atoms. The van der Waals surface area contributed by atoms with Gasteiger partial charge in [0.1, 0.15) is 11.3 Å². The first-order chi connectivity index (χ1) is 16.4. The first-order valence-corrected chi connectivity index (χ1v) is 11.1. The highest BCUT2D eigenvalue weighted by atomic mass is 19.4. The highest BCUT2D eigenvalue weighted by Gasteiger charge is 2.30. The lowest BCUT2D eigenvalue weighted by Gasteiger charge is -2.30. The lowest BCUT2D eigenvalue weighted by molar-refractivity contribution is -0.135. The molecule has 1 aliphatic rings. The van der Waals surface area contributed by atoms with E-state index in [0.717, 1.165) is 40.1 Å². The van der Waals surface area contributed by atoms with Gasteiger partial charge in [-0.2, -0.15) is 18.3 Å². The number of aromatic nitrogens is 5. The van der Waals surface area contributed by atoms with E-state index in [0.29, 0.717) is 19.5 Å². The molecule has 1 N–H and O–H groups in total. The van der Waals surface area contributed by atoms with E-state index >= 15 is 0 Å². The number of fused-ring (bicyclic) bond motifs is 2. The molecule has 0 unspecified atom stereocenters. The second kappa shape index (κ2) is 8.92. The number of nitrogens with zero attached hydrogens (tertiary/aromatic N) is 5. The maximum Gasteiger partial charge on any atom is 0.389 e. The van der Waals surface area contributed by atoms with Crippen LogP contribution in [-0.4, -0.2) is 43.2 Å². The number of H-pyrrole nitrogens is 1. The minimum absolute atomic E-state index is 0.185. The van der Waals surface area contributed by atoms with Crippen LogP contribution in [0.5, 0.6) is 0 Å². The largest absolute Gasteiger partial charge is 0.389 e. The Morgan fingerprint density at radius 3 is 2.74 bits per heavy atom. The maximum absolute atomic E-state index is 13.0. The monoisotopic (exact) mass is 468 g/mol. The summed E-state index contributed by atoms with van der Waals surface area (Å²) < 4.78 is 39.7. The summed E-state index contributed by atoms with van der Waals surface area (Å²) in [5.74, 6) is -0.350. The van der Waals surface area contributed by atoms with Crippen molar-refractivity contribution in [3.8, 4) is 0 Å². The normalized spacial score (nSPS) is 13.9. The first kappa shape index (κ1) is 22.1. The van der Waals surface area contributed by atoms with E-state index < -0.39 is 12.6 Å². The van der Waals surface area contributed by atoms with Crippen LogP contribution in [0.4, 0.5) is 18.9 Å². The molecule has 5 rings (SSSR count). The number of nitrogens with one attached hydrogen (secondary N) is 1.